The van der Waals surface area contributed by atoms with Gasteiger partial charge in [0.05, 0.1) is 37.7 Å². The van der Waals surface area contributed by atoms with Crippen LogP contribution in [0.4, 0.5) is 14.5 Å². The number of carbonyl (C=O) groups excluding carboxylic acids is 1. The molecule has 8 nitrogen and oxygen atoms in total. The molecule has 0 bridgehead atoms. The van der Waals surface area contributed by atoms with E-state index in [0.29, 0.717) is 22.7 Å². The number of halogens is 2. The van der Waals surface area contributed by atoms with E-state index in [1.54, 1.807) is 18.2 Å². The summed E-state index contributed by atoms with van der Waals surface area (Å²) in [6.07, 6.45) is 0. The molecular weight excluding hydrogens is 480 g/mol. The van der Waals surface area contributed by atoms with Gasteiger partial charge >= 0.3 is 0 Å². The first kappa shape index (κ1) is 24.6. The number of piperazine rings is 1. The lowest BCUT2D eigenvalue weighted by Crippen LogP contribution is -2.44. The van der Waals surface area contributed by atoms with Crippen molar-refractivity contribution in [2.45, 2.75) is 6.54 Å². The molecule has 2 aromatic carbocycles. The van der Waals surface area contributed by atoms with Crippen LogP contribution in [-0.4, -0.2) is 69.1 Å². The zero-order chi connectivity index (χ0) is 26.1. The number of likely N-dealkylation sites (N-methyl/N-ethyl adjacent to an activating group) is 1. The van der Waals surface area contributed by atoms with Crippen molar-refractivity contribution in [2.75, 3.05) is 52.3 Å². The van der Waals surface area contributed by atoms with Crippen LogP contribution >= 0.6 is 0 Å². The number of aromatic nitrogens is 1. The summed E-state index contributed by atoms with van der Waals surface area (Å²) >= 11 is 0. The summed E-state index contributed by atoms with van der Waals surface area (Å²) in [7, 11) is 4.69. The molecule has 192 valence electrons. The summed E-state index contributed by atoms with van der Waals surface area (Å²) in [6, 6.07) is 11.8. The van der Waals surface area contributed by atoms with Crippen LogP contribution in [0.3, 0.4) is 0 Å². The molecule has 0 atom stereocenters. The molecule has 2 aliphatic heterocycles. The minimum absolute atomic E-state index is 0.0771. The van der Waals surface area contributed by atoms with Crippen LogP contribution in [0, 0.1) is 11.6 Å². The smallest absolute Gasteiger partial charge is 0.256 e. The van der Waals surface area contributed by atoms with E-state index < -0.39 is 11.6 Å². The molecular formula is C27H27F2N5O3. The molecule has 0 radical (unpaired) electrons. The Morgan fingerprint density at radius 1 is 0.946 bits per heavy atom. The molecule has 10 heteroatoms. The first-order chi connectivity index (χ1) is 17.9. The number of hydrogen-bond donors (Lipinski definition) is 1. The molecule has 0 saturated carbocycles. The number of carbonyl (C=O) groups is 1. The highest BCUT2D eigenvalue weighted by atomic mass is 19.1. The Kier molecular flexibility index (Phi) is 6.75. The highest BCUT2D eigenvalue weighted by Gasteiger charge is 2.26. The van der Waals surface area contributed by atoms with E-state index in [1.807, 2.05) is 12.1 Å². The molecule has 1 N–H and O–H groups in total. The zero-order valence-electron chi connectivity index (χ0n) is 20.8. The van der Waals surface area contributed by atoms with Gasteiger partial charge in [-0.3, -0.25) is 9.79 Å². The van der Waals surface area contributed by atoms with Gasteiger partial charge in [0.2, 0.25) is 0 Å². The van der Waals surface area contributed by atoms with Gasteiger partial charge in [0.15, 0.2) is 23.1 Å². The third kappa shape index (κ3) is 4.72. The number of anilines is 1. The number of ether oxygens (including phenoxy) is 2. The van der Waals surface area contributed by atoms with Gasteiger partial charge in [-0.05, 0) is 43.4 Å². The molecule has 1 fully saturated rings. The standard InChI is InChI=1S/C27H27F2N5O3/c1-33-10-12-34(13-11-33)17-6-4-16(5-7-17)27(35)32-26-18-8-9-19(31-20(18)15-30-26)23-24(28)21(36-2)14-22(37-3)25(23)29/h4-9,14H,10-13,15H2,1-3H3,(H,30,32,35). The highest BCUT2D eigenvalue weighted by Crippen LogP contribution is 2.37. The van der Waals surface area contributed by atoms with Gasteiger partial charge in [-0.15, -0.1) is 0 Å². The molecule has 0 unspecified atom stereocenters. The number of amides is 1. The van der Waals surface area contributed by atoms with Gasteiger partial charge < -0.3 is 24.6 Å². The number of amidine groups is 1. The summed E-state index contributed by atoms with van der Waals surface area (Å²) in [5.74, 6) is -1.99. The minimum atomic E-state index is -0.874. The van der Waals surface area contributed by atoms with E-state index >= 15 is 0 Å². The molecule has 1 saturated heterocycles. The number of aliphatic imine (C=N–C) groups is 1. The van der Waals surface area contributed by atoms with Gasteiger partial charge in [0.1, 0.15) is 5.84 Å². The first-order valence-electron chi connectivity index (χ1n) is 11.9. The summed E-state index contributed by atoms with van der Waals surface area (Å²) in [5.41, 5.74) is 2.41. The van der Waals surface area contributed by atoms with Crippen molar-refractivity contribution in [3.63, 3.8) is 0 Å². The molecule has 5 rings (SSSR count). The van der Waals surface area contributed by atoms with Crippen LogP contribution in [0.15, 0.2) is 47.5 Å². The van der Waals surface area contributed by atoms with Crippen LogP contribution in [0.5, 0.6) is 11.5 Å². The van der Waals surface area contributed by atoms with E-state index in [2.05, 4.69) is 32.1 Å². The second-order valence-corrected chi connectivity index (χ2v) is 8.93. The molecule has 3 heterocycles. The van der Waals surface area contributed by atoms with Gasteiger partial charge in [-0.1, -0.05) is 0 Å². The predicted octanol–water partition coefficient (Wildman–Crippen LogP) is 3.49. The lowest BCUT2D eigenvalue weighted by molar-refractivity contribution is 0.0977. The van der Waals surface area contributed by atoms with Crippen molar-refractivity contribution >= 4 is 17.4 Å². The third-order valence-electron chi connectivity index (χ3n) is 6.68. The van der Waals surface area contributed by atoms with Gasteiger partial charge in [0, 0.05) is 49.1 Å². The number of nitrogens with zero attached hydrogens (tertiary/aromatic N) is 4. The fourth-order valence-electron chi connectivity index (χ4n) is 4.50. The summed E-state index contributed by atoms with van der Waals surface area (Å²) in [4.78, 5) is 26.3. The maximum atomic E-state index is 14.9. The zero-order valence-corrected chi connectivity index (χ0v) is 20.8. The number of fused-ring (bicyclic) bond motifs is 1. The average molecular weight is 508 g/mol. The Hall–Kier alpha value is -4.05. The fraction of sp³-hybridized carbons (Fsp3) is 0.296. The number of nitrogens with one attached hydrogen (secondary N) is 1. The summed E-state index contributed by atoms with van der Waals surface area (Å²) in [6.45, 7) is 4.07. The Morgan fingerprint density at radius 2 is 1.59 bits per heavy atom. The Labute approximate surface area is 213 Å². The first-order valence-corrected chi connectivity index (χ1v) is 11.9. The van der Waals surface area contributed by atoms with Gasteiger partial charge in [-0.25, -0.2) is 13.8 Å². The van der Waals surface area contributed by atoms with E-state index in [-0.39, 0.29) is 35.2 Å². The van der Waals surface area contributed by atoms with Gasteiger partial charge in [0.25, 0.3) is 5.91 Å². The summed E-state index contributed by atoms with van der Waals surface area (Å²) in [5, 5.41) is 2.84. The van der Waals surface area contributed by atoms with Crippen molar-refractivity contribution < 1.29 is 23.0 Å². The lowest BCUT2D eigenvalue weighted by Gasteiger charge is -2.34. The monoisotopic (exact) mass is 507 g/mol. The lowest BCUT2D eigenvalue weighted by atomic mass is 10.1. The maximum absolute atomic E-state index is 14.9. The number of rotatable bonds is 5. The molecule has 0 aliphatic carbocycles. The highest BCUT2D eigenvalue weighted by molar-refractivity contribution is 6.14. The number of methoxy groups -OCH3 is 2. The summed E-state index contributed by atoms with van der Waals surface area (Å²) < 4.78 is 39.9. The van der Waals surface area contributed by atoms with E-state index in [9.17, 15) is 13.6 Å². The number of pyridine rings is 1. The van der Waals surface area contributed by atoms with E-state index in [0.717, 1.165) is 37.9 Å². The van der Waals surface area contributed by atoms with Crippen LogP contribution in [0.25, 0.3) is 11.3 Å². The van der Waals surface area contributed by atoms with Crippen molar-refractivity contribution in [3.05, 3.63) is 70.9 Å². The molecule has 2 aliphatic rings. The number of hydrogen-bond acceptors (Lipinski definition) is 7. The second kappa shape index (κ2) is 10.1. The largest absolute Gasteiger partial charge is 0.494 e. The van der Waals surface area contributed by atoms with Crippen LogP contribution in [-0.2, 0) is 6.54 Å². The average Bonchev–Trinajstić information content (AvgIpc) is 3.31. The van der Waals surface area contributed by atoms with Gasteiger partial charge in [-0.2, -0.15) is 0 Å². The van der Waals surface area contributed by atoms with E-state index in [4.69, 9.17) is 9.47 Å². The maximum Gasteiger partial charge on any atom is 0.256 e. The SMILES string of the molecule is COc1cc(OC)c(F)c(-c2ccc3c(n2)CN=C3NC(=O)c2ccc(N3CCN(C)CC3)cc2)c1F. The molecule has 37 heavy (non-hydrogen) atoms. The van der Waals surface area contributed by atoms with Crippen LogP contribution in [0.2, 0.25) is 0 Å². The van der Waals surface area contributed by atoms with Crippen molar-refractivity contribution in [3.8, 4) is 22.8 Å². The molecule has 0 spiro atoms. The number of benzene rings is 2. The van der Waals surface area contributed by atoms with Crippen molar-refractivity contribution in [1.82, 2.24) is 15.2 Å². The Balaban J connectivity index is 1.33. The quantitative estimate of drug-likeness (QED) is 0.570. The Morgan fingerprint density at radius 3 is 2.22 bits per heavy atom. The van der Waals surface area contributed by atoms with E-state index in [1.165, 1.54) is 20.3 Å². The predicted molar refractivity (Wildman–Crippen MR) is 137 cm³/mol. The fourth-order valence-corrected chi connectivity index (χ4v) is 4.50. The molecule has 1 aromatic heterocycles. The van der Waals surface area contributed by atoms with Crippen molar-refractivity contribution in [2.24, 2.45) is 4.99 Å². The second-order valence-electron chi connectivity index (χ2n) is 8.93. The molecule has 3 aromatic rings. The minimum Gasteiger partial charge on any atom is -0.494 e. The van der Waals surface area contributed by atoms with Crippen molar-refractivity contribution in [1.29, 1.82) is 0 Å². The van der Waals surface area contributed by atoms with Crippen LogP contribution < -0.4 is 19.7 Å². The molecule has 1 amide bonds. The van der Waals surface area contributed by atoms with Crippen LogP contribution in [0.1, 0.15) is 21.6 Å². The topological polar surface area (TPSA) is 79.3 Å². The normalized spacial score (nSPS) is 15.3. The third-order valence-corrected chi connectivity index (χ3v) is 6.68. The Bertz CT molecular complexity index is 1340.